The van der Waals surface area contributed by atoms with Crippen molar-refractivity contribution >= 4 is 29.9 Å². The number of aromatic nitrogens is 1. The Morgan fingerprint density at radius 3 is 2.61 bits per heavy atom. The van der Waals surface area contributed by atoms with Crippen molar-refractivity contribution in [3.8, 4) is 11.5 Å². The summed E-state index contributed by atoms with van der Waals surface area (Å²) in [5, 5.41) is 16.4. The molecule has 0 atom stereocenters. The first kappa shape index (κ1) is 22.7. The molecule has 1 aromatic heterocycles. The van der Waals surface area contributed by atoms with Crippen LogP contribution in [-0.4, -0.2) is 41.3 Å². The molecule has 0 radical (unpaired) electrons. The van der Waals surface area contributed by atoms with E-state index < -0.39 is 0 Å². The molecule has 1 aliphatic rings. The fourth-order valence-corrected chi connectivity index (χ4v) is 3.27. The predicted octanol–water partition coefficient (Wildman–Crippen LogP) is 3.67. The topological polar surface area (TPSA) is 82.7 Å². The second-order valence-electron chi connectivity index (χ2n) is 7.17. The van der Waals surface area contributed by atoms with E-state index >= 15 is 0 Å². The zero-order valence-corrected chi connectivity index (χ0v) is 19.0. The van der Waals surface area contributed by atoms with Crippen LogP contribution in [0.2, 0.25) is 0 Å². The lowest BCUT2D eigenvalue weighted by atomic mass is 9.93. The van der Waals surface area contributed by atoms with Crippen LogP contribution in [-0.2, 0) is 6.42 Å². The second kappa shape index (κ2) is 11.4. The highest BCUT2D eigenvalue weighted by Gasteiger charge is 2.19. The van der Waals surface area contributed by atoms with Crippen LogP contribution in [0.25, 0.3) is 11.5 Å². The number of oxazole rings is 1. The van der Waals surface area contributed by atoms with Crippen molar-refractivity contribution in [2.45, 2.75) is 58.1 Å². The molecule has 28 heavy (non-hydrogen) atoms. The van der Waals surface area contributed by atoms with Gasteiger partial charge in [-0.1, -0.05) is 17.7 Å². The number of nitrogens with zero attached hydrogens (tertiary/aromatic N) is 2. The highest BCUT2D eigenvalue weighted by Crippen LogP contribution is 2.20. The molecular formula is C21H31IN4O2. The zero-order valence-electron chi connectivity index (χ0n) is 16.6. The third kappa shape index (κ3) is 6.77. The normalized spacial score (nSPS) is 19.8. The number of aliphatic hydroxyl groups is 1. The summed E-state index contributed by atoms with van der Waals surface area (Å²) >= 11 is 0. The summed E-state index contributed by atoms with van der Waals surface area (Å²) < 4.78 is 5.61. The first-order chi connectivity index (χ1) is 13.1. The summed E-state index contributed by atoms with van der Waals surface area (Å²) in [5.74, 6) is 1.49. The molecule has 1 heterocycles. The minimum absolute atomic E-state index is 0. The van der Waals surface area contributed by atoms with Gasteiger partial charge in [-0.05, 0) is 51.7 Å². The van der Waals surface area contributed by atoms with E-state index in [9.17, 15) is 5.11 Å². The number of aryl methyl sites for hydroxylation is 1. The fourth-order valence-electron chi connectivity index (χ4n) is 3.27. The average molecular weight is 498 g/mol. The minimum atomic E-state index is -0.141. The molecule has 1 aromatic carbocycles. The van der Waals surface area contributed by atoms with Crippen LogP contribution < -0.4 is 10.6 Å². The van der Waals surface area contributed by atoms with Crippen molar-refractivity contribution in [1.29, 1.82) is 0 Å². The van der Waals surface area contributed by atoms with E-state index in [1.165, 1.54) is 5.56 Å². The standard InChI is InChI=1S/C21H30N4O2.HI/c1-3-22-21(25-17-8-10-19(26)11-9-17)23-13-12-18-14-27-20(24-18)16-6-4-15(2)5-7-16;/h4-7,14,17,19,26H,3,8-13H2,1-2H3,(H2,22,23,25);1H. The third-order valence-electron chi connectivity index (χ3n) is 4.87. The van der Waals surface area contributed by atoms with Gasteiger partial charge in [-0.3, -0.25) is 4.99 Å². The maximum atomic E-state index is 9.64. The average Bonchev–Trinajstić information content (AvgIpc) is 3.13. The lowest BCUT2D eigenvalue weighted by Gasteiger charge is -2.27. The summed E-state index contributed by atoms with van der Waals surface area (Å²) in [7, 11) is 0. The summed E-state index contributed by atoms with van der Waals surface area (Å²) in [6, 6.07) is 8.55. The van der Waals surface area contributed by atoms with Gasteiger partial charge >= 0.3 is 0 Å². The number of nitrogens with one attached hydrogen (secondary N) is 2. The van der Waals surface area contributed by atoms with Gasteiger partial charge in [-0.15, -0.1) is 24.0 Å². The Hall–Kier alpha value is -1.61. The number of hydrogen-bond acceptors (Lipinski definition) is 4. The smallest absolute Gasteiger partial charge is 0.226 e. The van der Waals surface area contributed by atoms with Crippen LogP contribution in [0.4, 0.5) is 0 Å². The molecule has 2 aromatic rings. The van der Waals surface area contributed by atoms with Gasteiger partial charge in [0.25, 0.3) is 0 Å². The van der Waals surface area contributed by atoms with Gasteiger partial charge in [-0.25, -0.2) is 4.98 Å². The Morgan fingerprint density at radius 1 is 1.21 bits per heavy atom. The van der Waals surface area contributed by atoms with Crippen molar-refractivity contribution in [2.24, 2.45) is 4.99 Å². The Bertz CT molecular complexity index is 737. The number of guanidine groups is 1. The van der Waals surface area contributed by atoms with Gasteiger partial charge < -0.3 is 20.2 Å². The van der Waals surface area contributed by atoms with Crippen molar-refractivity contribution in [2.75, 3.05) is 13.1 Å². The molecule has 1 saturated carbocycles. The molecule has 0 bridgehead atoms. The van der Waals surface area contributed by atoms with Crippen LogP contribution in [0.15, 0.2) is 39.9 Å². The molecule has 0 spiro atoms. The van der Waals surface area contributed by atoms with Crippen LogP contribution in [0, 0.1) is 6.92 Å². The molecule has 3 rings (SSSR count). The van der Waals surface area contributed by atoms with Crippen LogP contribution >= 0.6 is 24.0 Å². The van der Waals surface area contributed by atoms with E-state index in [1.807, 2.05) is 12.1 Å². The molecule has 0 aliphatic heterocycles. The predicted molar refractivity (Wildman–Crippen MR) is 123 cm³/mol. The van der Waals surface area contributed by atoms with Gasteiger partial charge in [0.2, 0.25) is 5.89 Å². The molecule has 7 heteroatoms. The van der Waals surface area contributed by atoms with E-state index in [2.05, 4.69) is 46.6 Å². The monoisotopic (exact) mass is 498 g/mol. The number of aliphatic hydroxyl groups excluding tert-OH is 1. The van der Waals surface area contributed by atoms with Crippen molar-refractivity contribution in [1.82, 2.24) is 15.6 Å². The van der Waals surface area contributed by atoms with Gasteiger partial charge in [0.05, 0.1) is 11.8 Å². The Kier molecular flexibility index (Phi) is 9.24. The van der Waals surface area contributed by atoms with Gasteiger partial charge in [0, 0.05) is 31.1 Å². The number of halogens is 1. The maximum absolute atomic E-state index is 9.64. The molecule has 1 aliphatic carbocycles. The highest BCUT2D eigenvalue weighted by molar-refractivity contribution is 14.0. The zero-order chi connectivity index (χ0) is 19.1. The Balaban J connectivity index is 0.00000280. The van der Waals surface area contributed by atoms with Crippen LogP contribution in [0.1, 0.15) is 43.9 Å². The third-order valence-corrected chi connectivity index (χ3v) is 4.87. The summed E-state index contributed by atoms with van der Waals surface area (Å²) in [5.41, 5.74) is 3.12. The second-order valence-corrected chi connectivity index (χ2v) is 7.17. The number of rotatable bonds is 6. The molecule has 0 unspecified atom stereocenters. The Labute approximate surface area is 184 Å². The summed E-state index contributed by atoms with van der Waals surface area (Å²) in [6.45, 7) is 5.59. The largest absolute Gasteiger partial charge is 0.444 e. The fraction of sp³-hybridized carbons (Fsp3) is 0.524. The lowest BCUT2D eigenvalue weighted by Crippen LogP contribution is -2.45. The van der Waals surface area contributed by atoms with Gasteiger partial charge in [0.15, 0.2) is 5.96 Å². The maximum Gasteiger partial charge on any atom is 0.226 e. The molecule has 154 valence electrons. The number of hydrogen-bond donors (Lipinski definition) is 3. The van der Waals surface area contributed by atoms with E-state index in [-0.39, 0.29) is 30.1 Å². The van der Waals surface area contributed by atoms with Crippen molar-refractivity contribution in [3.63, 3.8) is 0 Å². The molecular weight excluding hydrogens is 467 g/mol. The quantitative estimate of drug-likeness (QED) is 0.322. The molecule has 3 N–H and O–H groups in total. The summed E-state index contributed by atoms with van der Waals surface area (Å²) in [6.07, 6.45) is 5.99. The Morgan fingerprint density at radius 2 is 1.93 bits per heavy atom. The van der Waals surface area contributed by atoms with Gasteiger partial charge in [0.1, 0.15) is 6.26 Å². The van der Waals surface area contributed by atoms with Crippen molar-refractivity contribution < 1.29 is 9.52 Å². The van der Waals surface area contributed by atoms with Gasteiger partial charge in [-0.2, -0.15) is 0 Å². The van der Waals surface area contributed by atoms with E-state index in [4.69, 9.17) is 4.42 Å². The van der Waals surface area contributed by atoms with E-state index in [1.54, 1.807) is 6.26 Å². The summed E-state index contributed by atoms with van der Waals surface area (Å²) in [4.78, 5) is 9.24. The number of aliphatic imine (C=N–C) groups is 1. The SMILES string of the molecule is CCNC(=NCCc1coc(-c2ccc(C)cc2)n1)NC1CCC(O)CC1.I. The lowest BCUT2D eigenvalue weighted by molar-refractivity contribution is 0.120. The van der Waals surface area contributed by atoms with Crippen LogP contribution in [0.3, 0.4) is 0 Å². The van der Waals surface area contributed by atoms with E-state index in [0.717, 1.165) is 55.9 Å². The van der Waals surface area contributed by atoms with Crippen LogP contribution in [0.5, 0.6) is 0 Å². The van der Waals surface area contributed by atoms with E-state index in [0.29, 0.717) is 18.5 Å². The minimum Gasteiger partial charge on any atom is -0.444 e. The molecule has 0 amide bonds. The molecule has 6 nitrogen and oxygen atoms in total. The van der Waals surface area contributed by atoms with Crippen molar-refractivity contribution in [3.05, 3.63) is 41.8 Å². The highest BCUT2D eigenvalue weighted by atomic mass is 127. The first-order valence-corrected chi connectivity index (χ1v) is 9.88. The number of benzene rings is 1. The molecule has 0 saturated heterocycles. The first-order valence-electron chi connectivity index (χ1n) is 9.88. The molecule has 1 fully saturated rings.